The Hall–Kier alpha value is -3.07. The summed E-state index contributed by atoms with van der Waals surface area (Å²) in [7, 11) is 1.63. The van der Waals surface area contributed by atoms with Crippen molar-refractivity contribution >= 4 is 23.9 Å². The maximum absolute atomic E-state index is 11.9. The molecule has 140 valence electrons. The standard InChI is InChI=1S/C18H19N5O3S/c1-3-23-17(13-6-8-14(25-2)9-7-13)21-22-18(23)27-12-16(24)20-19-11-15-5-4-10-26-15/h4-11H,3,12H2,1-2H3,(H,20,24)/b19-11-. The molecule has 8 nitrogen and oxygen atoms in total. The molecule has 1 N–H and O–H groups in total. The fourth-order valence-corrected chi connectivity index (χ4v) is 3.12. The summed E-state index contributed by atoms with van der Waals surface area (Å²) in [6, 6.07) is 11.1. The third-order valence-electron chi connectivity index (χ3n) is 3.64. The predicted octanol–water partition coefficient (Wildman–Crippen LogP) is 2.81. The van der Waals surface area contributed by atoms with Gasteiger partial charge in [0, 0.05) is 12.1 Å². The minimum atomic E-state index is -0.237. The van der Waals surface area contributed by atoms with Crippen LogP contribution in [0.25, 0.3) is 11.4 Å². The van der Waals surface area contributed by atoms with Crippen LogP contribution in [-0.2, 0) is 11.3 Å². The minimum absolute atomic E-state index is 0.177. The summed E-state index contributed by atoms with van der Waals surface area (Å²) in [6.45, 7) is 2.70. The second kappa shape index (κ2) is 9.04. The summed E-state index contributed by atoms with van der Waals surface area (Å²) in [5, 5.41) is 13.0. The van der Waals surface area contributed by atoms with E-state index in [0.717, 1.165) is 17.1 Å². The van der Waals surface area contributed by atoms with Gasteiger partial charge in [-0.1, -0.05) is 11.8 Å². The number of nitrogens with one attached hydrogen (secondary N) is 1. The zero-order valence-corrected chi connectivity index (χ0v) is 15.8. The van der Waals surface area contributed by atoms with Gasteiger partial charge in [0.15, 0.2) is 11.0 Å². The molecule has 0 spiro atoms. The zero-order valence-electron chi connectivity index (χ0n) is 15.0. The van der Waals surface area contributed by atoms with Crippen LogP contribution in [0.4, 0.5) is 0 Å². The SMILES string of the molecule is CCn1c(SCC(=O)N/N=C\c2ccco2)nnc1-c1ccc(OC)cc1. The number of carbonyl (C=O) groups is 1. The van der Waals surface area contributed by atoms with E-state index in [-0.39, 0.29) is 11.7 Å². The van der Waals surface area contributed by atoms with E-state index in [4.69, 9.17) is 9.15 Å². The number of nitrogens with zero attached hydrogens (tertiary/aromatic N) is 4. The monoisotopic (exact) mass is 385 g/mol. The lowest BCUT2D eigenvalue weighted by Crippen LogP contribution is -2.20. The molecule has 0 aliphatic carbocycles. The van der Waals surface area contributed by atoms with E-state index >= 15 is 0 Å². The molecule has 9 heteroatoms. The van der Waals surface area contributed by atoms with Crippen LogP contribution in [0, 0.1) is 0 Å². The van der Waals surface area contributed by atoms with Crippen LogP contribution in [0.1, 0.15) is 12.7 Å². The highest BCUT2D eigenvalue weighted by Gasteiger charge is 2.14. The number of benzene rings is 1. The summed E-state index contributed by atoms with van der Waals surface area (Å²) in [6.07, 6.45) is 2.98. The average molecular weight is 385 g/mol. The highest BCUT2D eigenvalue weighted by molar-refractivity contribution is 7.99. The largest absolute Gasteiger partial charge is 0.497 e. The number of carbonyl (C=O) groups excluding carboxylic acids is 1. The molecule has 0 aliphatic heterocycles. The smallest absolute Gasteiger partial charge is 0.250 e. The molecular formula is C18H19N5O3S. The highest BCUT2D eigenvalue weighted by Crippen LogP contribution is 2.25. The molecule has 1 aromatic carbocycles. The molecule has 0 bridgehead atoms. The number of rotatable bonds is 8. The Morgan fingerprint density at radius 1 is 1.33 bits per heavy atom. The first-order valence-corrected chi connectivity index (χ1v) is 9.25. The summed E-state index contributed by atoms with van der Waals surface area (Å²) < 4.78 is 12.2. The van der Waals surface area contributed by atoms with Gasteiger partial charge in [-0.2, -0.15) is 5.10 Å². The van der Waals surface area contributed by atoms with Gasteiger partial charge in [-0.25, -0.2) is 5.43 Å². The topological polar surface area (TPSA) is 94.5 Å². The Labute approximate surface area is 160 Å². The normalized spacial score (nSPS) is 11.0. The van der Waals surface area contributed by atoms with Crippen LogP contribution in [0.3, 0.4) is 0 Å². The van der Waals surface area contributed by atoms with Crippen molar-refractivity contribution in [3.63, 3.8) is 0 Å². The van der Waals surface area contributed by atoms with Gasteiger partial charge in [-0.05, 0) is 43.3 Å². The Morgan fingerprint density at radius 3 is 2.81 bits per heavy atom. The predicted molar refractivity (Wildman–Crippen MR) is 103 cm³/mol. The van der Waals surface area contributed by atoms with Crippen LogP contribution in [-0.4, -0.2) is 39.7 Å². The van der Waals surface area contributed by atoms with Crippen molar-refractivity contribution in [1.82, 2.24) is 20.2 Å². The fraction of sp³-hybridized carbons (Fsp3) is 0.222. The molecule has 0 saturated heterocycles. The number of furan rings is 1. The number of hydrogen-bond donors (Lipinski definition) is 1. The summed E-state index contributed by atoms with van der Waals surface area (Å²) >= 11 is 1.31. The van der Waals surface area contributed by atoms with E-state index in [1.165, 1.54) is 24.2 Å². The van der Waals surface area contributed by atoms with Gasteiger partial charge < -0.3 is 13.7 Å². The number of aromatic nitrogens is 3. The van der Waals surface area contributed by atoms with Crippen LogP contribution < -0.4 is 10.2 Å². The van der Waals surface area contributed by atoms with Gasteiger partial charge >= 0.3 is 0 Å². The Balaban J connectivity index is 1.61. The van der Waals surface area contributed by atoms with Crippen molar-refractivity contribution in [2.24, 2.45) is 5.10 Å². The Morgan fingerprint density at radius 2 is 2.15 bits per heavy atom. The molecule has 0 radical (unpaired) electrons. The number of thioether (sulfide) groups is 1. The third-order valence-corrected chi connectivity index (χ3v) is 4.60. The first-order chi connectivity index (χ1) is 13.2. The van der Waals surface area contributed by atoms with Crippen molar-refractivity contribution in [3.05, 3.63) is 48.4 Å². The first kappa shape index (κ1) is 18.7. The van der Waals surface area contributed by atoms with E-state index in [1.54, 1.807) is 19.2 Å². The molecule has 0 fully saturated rings. The lowest BCUT2D eigenvalue weighted by atomic mass is 10.2. The number of amides is 1. The maximum Gasteiger partial charge on any atom is 0.250 e. The van der Waals surface area contributed by atoms with Gasteiger partial charge in [0.05, 0.1) is 25.3 Å². The molecule has 2 heterocycles. The summed E-state index contributed by atoms with van der Waals surface area (Å²) in [5.41, 5.74) is 3.39. The molecule has 0 saturated carbocycles. The molecule has 0 aliphatic rings. The fourth-order valence-electron chi connectivity index (χ4n) is 2.33. The molecule has 3 aromatic rings. The quantitative estimate of drug-likeness (QED) is 0.364. The summed E-state index contributed by atoms with van der Waals surface area (Å²) in [5.74, 6) is 2.04. The Kier molecular flexibility index (Phi) is 6.26. The van der Waals surface area contributed by atoms with Crippen molar-refractivity contribution in [2.45, 2.75) is 18.6 Å². The molecular weight excluding hydrogens is 366 g/mol. The average Bonchev–Trinajstić information content (AvgIpc) is 3.36. The van der Waals surface area contributed by atoms with Crippen molar-refractivity contribution in [3.8, 4) is 17.1 Å². The molecule has 0 atom stereocenters. The first-order valence-electron chi connectivity index (χ1n) is 8.27. The molecule has 3 rings (SSSR count). The van der Waals surface area contributed by atoms with E-state index in [2.05, 4.69) is 20.7 Å². The van der Waals surface area contributed by atoms with E-state index in [1.807, 2.05) is 35.8 Å². The molecule has 27 heavy (non-hydrogen) atoms. The summed E-state index contributed by atoms with van der Waals surface area (Å²) in [4.78, 5) is 11.9. The van der Waals surface area contributed by atoms with Gasteiger partial charge in [0.2, 0.25) is 0 Å². The highest BCUT2D eigenvalue weighted by atomic mass is 32.2. The Bertz CT molecular complexity index is 904. The van der Waals surface area contributed by atoms with Crippen LogP contribution >= 0.6 is 11.8 Å². The van der Waals surface area contributed by atoms with E-state index < -0.39 is 0 Å². The van der Waals surface area contributed by atoms with Crippen LogP contribution in [0.5, 0.6) is 5.75 Å². The number of ether oxygens (including phenoxy) is 1. The third kappa shape index (κ3) is 4.76. The van der Waals surface area contributed by atoms with Gasteiger partial charge in [-0.15, -0.1) is 10.2 Å². The second-order valence-electron chi connectivity index (χ2n) is 5.38. The van der Waals surface area contributed by atoms with E-state index in [0.29, 0.717) is 17.5 Å². The van der Waals surface area contributed by atoms with Crippen molar-refractivity contribution in [1.29, 1.82) is 0 Å². The second-order valence-corrected chi connectivity index (χ2v) is 6.32. The molecule has 1 amide bonds. The zero-order chi connectivity index (χ0) is 19.1. The molecule has 2 aromatic heterocycles. The number of methoxy groups -OCH3 is 1. The lowest BCUT2D eigenvalue weighted by molar-refractivity contribution is -0.118. The lowest BCUT2D eigenvalue weighted by Gasteiger charge is -2.07. The maximum atomic E-state index is 11.9. The van der Waals surface area contributed by atoms with Gasteiger partial charge in [0.25, 0.3) is 5.91 Å². The number of hydrogen-bond acceptors (Lipinski definition) is 7. The van der Waals surface area contributed by atoms with Crippen LogP contribution in [0.15, 0.2) is 57.3 Å². The van der Waals surface area contributed by atoms with Crippen LogP contribution in [0.2, 0.25) is 0 Å². The molecule has 0 unspecified atom stereocenters. The number of hydrazone groups is 1. The van der Waals surface area contributed by atoms with Gasteiger partial charge in [-0.3, -0.25) is 4.79 Å². The minimum Gasteiger partial charge on any atom is -0.497 e. The van der Waals surface area contributed by atoms with Gasteiger partial charge in [0.1, 0.15) is 11.5 Å². The van der Waals surface area contributed by atoms with E-state index in [9.17, 15) is 4.79 Å². The van der Waals surface area contributed by atoms with Crippen molar-refractivity contribution < 1.29 is 13.9 Å². The van der Waals surface area contributed by atoms with Crippen molar-refractivity contribution in [2.75, 3.05) is 12.9 Å².